The normalized spacial score (nSPS) is 10.2. The van der Waals surface area contributed by atoms with Crippen LogP contribution < -0.4 is 10.2 Å². The first-order valence-corrected chi connectivity index (χ1v) is 6.35. The topological polar surface area (TPSA) is 68.4 Å². The quantitative estimate of drug-likeness (QED) is 0.883. The van der Waals surface area contributed by atoms with E-state index in [-0.39, 0.29) is 12.4 Å². The average molecular weight is 291 g/mol. The van der Waals surface area contributed by atoms with E-state index in [0.29, 0.717) is 17.0 Å². The maximum atomic E-state index is 13.2. The fourth-order valence-electron chi connectivity index (χ4n) is 1.85. The first-order valence-electron chi connectivity index (χ1n) is 6.35. The number of H-pyrrole nitrogens is 1. The van der Waals surface area contributed by atoms with Crippen molar-refractivity contribution in [3.63, 3.8) is 0 Å². The fourth-order valence-corrected chi connectivity index (χ4v) is 1.85. The lowest BCUT2D eigenvalue weighted by molar-refractivity contribution is 0.103. The number of rotatable bonds is 3. The molecular formula is C15H14FNO4. The lowest BCUT2D eigenvalue weighted by atomic mass is 10.1. The summed E-state index contributed by atoms with van der Waals surface area (Å²) in [4.78, 5) is 26.2. The molecule has 0 saturated heterocycles. The van der Waals surface area contributed by atoms with Gasteiger partial charge in [0.15, 0.2) is 0 Å². The van der Waals surface area contributed by atoms with Crippen LogP contribution in [0.25, 0.3) is 11.3 Å². The van der Waals surface area contributed by atoms with E-state index < -0.39 is 17.4 Å². The Morgan fingerprint density at radius 3 is 2.71 bits per heavy atom. The molecule has 5 nitrogen and oxygen atoms in total. The molecule has 2 aromatic rings. The number of nitrogens with one attached hydrogen (secondary N) is 1. The van der Waals surface area contributed by atoms with E-state index in [0.717, 1.165) is 0 Å². The predicted molar refractivity (Wildman–Crippen MR) is 74.8 cm³/mol. The van der Waals surface area contributed by atoms with E-state index in [1.807, 2.05) is 0 Å². The van der Waals surface area contributed by atoms with Crippen LogP contribution in [0.5, 0.6) is 5.75 Å². The number of aryl methyl sites for hydroxylation is 1. The van der Waals surface area contributed by atoms with Crippen molar-refractivity contribution in [1.82, 2.24) is 4.98 Å². The zero-order valence-electron chi connectivity index (χ0n) is 11.6. The Hall–Kier alpha value is -2.63. The van der Waals surface area contributed by atoms with E-state index in [9.17, 15) is 14.0 Å². The van der Waals surface area contributed by atoms with Crippen molar-refractivity contribution in [1.29, 1.82) is 0 Å². The SMILES string of the molecule is CCOC(=O)Oc1c(C)[nH]c(-c2cccc(F)c2)cc1=O. The van der Waals surface area contributed by atoms with Gasteiger partial charge in [0.05, 0.1) is 12.3 Å². The van der Waals surface area contributed by atoms with E-state index in [2.05, 4.69) is 9.72 Å². The molecule has 0 spiro atoms. The van der Waals surface area contributed by atoms with Crippen molar-refractivity contribution in [2.75, 3.05) is 6.61 Å². The maximum Gasteiger partial charge on any atom is 0.514 e. The number of hydrogen-bond donors (Lipinski definition) is 1. The molecule has 0 aliphatic rings. The Bertz CT molecular complexity index is 724. The molecule has 0 fully saturated rings. The smallest absolute Gasteiger partial charge is 0.434 e. The molecule has 0 aliphatic heterocycles. The molecule has 2 rings (SSSR count). The number of halogens is 1. The Kier molecular flexibility index (Phi) is 4.37. The third kappa shape index (κ3) is 3.47. The van der Waals surface area contributed by atoms with E-state index in [1.54, 1.807) is 26.0 Å². The minimum atomic E-state index is -0.940. The van der Waals surface area contributed by atoms with Gasteiger partial charge in [-0.3, -0.25) is 4.79 Å². The number of hydrogen-bond acceptors (Lipinski definition) is 4. The van der Waals surface area contributed by atoms with Crippen molar-refractivity contribution in [3.05, 3.63) is 52.1 Å². The predicted octanol–water partition coefficient (Wildman–Crippen LogP) is 3.02. The Morgan fingerprint density at radius 2 is 2.10 bits per heavy atom. The third-order valence-electron chi connectivity index (χ3n) is 2.75. The highest BCUT2D eigenvalue weighted by atomic mass is 19.1. The standard InChI is InChI=1S/C15H14FNO4/c1-3-20-15(19)21-14-9(2)17-12(8-13(14)18)10-5-4-6-11(16)7-10/h4-8H,3H2,1-2H3,(H,17,18). The first kappa shape index (κ1) is 14.8. The molecule has 1 N–H and O–H groups in total. The number of carbonyl (C=O) groups is 1. The number of benzene rings is 1. The van der Waals surface area contributed by atoms with Gasteiger partial charge in [-0.15, -0.1) is 0 Å². The summed E-state index contributed by atoms with van der Waals surface area (Å²) < 4.78 is 22.7. The highest BCUT2D eigenvalue weighted by molar-refractivity contribution is 5.65. The molecular weight excluding hydrogens is 277 g/mol. The largest absolute Gasteiger partial charge is 0.514 e. The molecule has 0 radical (unpaired) electrons. The monoisotopic (exact) mass is 291 g/mol. The summed E-state index contributed by atoms with van der Waals surface area (Å²) >= 11 is 0. The van der Waals surface area contributed by atoms with Crippen LogP contribution in [0.4, 0.5) is 9.18 Å². The van der Waals surface area contributed by atoms with Gasteiger partial charge < -0.3 is 14.5 Å². The van der Waals surface area contributed by atoms with Gasteiger partial charge in [-0.2, -0.15) is 0 Å². The molecule has 0 aliphatic carbocycles. The van der Waals surface area contributed by atoms with Gasteiger partial charge >= 0.3 is 6.16 Å². The highest BCUT2D eigenvalue weighted by Gasteiger charge is 2.14. The van der Waals surface area contributed by atoms with Crippen LogP contribution in [0.2, 0.25) is 0 Å². The summed E-state index contributed by atoms with van der Waals surface area (Å²) in [5.41, 5.74) is 0.833. The summed E-state index contributed by atoms with van der Waals surface area (Å²) in [5.74, 6) is -0.536. The molecule has 6 heteroatoms. The molecule has 0 bridgehead atoms. The van der Waals surface area contributed by atoms with Crippen LogP contribution in [-0.4, -0.2) is 17.7 Å². The number of carbonyl (C=O) groups excluding carboxylic acids is 1. The molecule has 0 saturated carbocycles. The highest BCUT2D eigenvalue weighted by Crippen LogP contribution is 2.20. The Balaban J connectivity index is 2.37. The summed E-state index contributed by atoms with van der Waals surface area (Å²) in [5, 5.41) is 0. The van der Waals surface area contributed by atoms with Crippen molar-refractivity contribution >= 4 is 6.16 Å². The zero-order valence-corrected chi connectivity index (χ0v) is 11.6. The summed E-state index contributed by atoms with van der Waals surface area (Å²) in [7, 11) is 0. The molecule has 1 aromatic heterocycles. The van der Waals surface area contributed by atoms with Crippen molar-refractivity contribution in [3.8, 4) is 17.0 Å². The van der Waals surface area contributed by atoms with Gasteiger partial charge in [0.1, 0.15) is 5.82 Å². The zero-order chi connectivity index (χ0) is 15.4. The van der Waals surface area contributed by atoms with Crippen LogP contribution in [0.15, 0.2) is 35.1 Å². The molecule has 0 atom stereocenters. The van der Waals surface area contributed by atoms with Crippen LogP contribution in [-0.2, 0) is 4.74 Å². The fraction of sp³-hybridized carbons (Fsp3) is 0.200. The molecule has 0 unspecified atom stereocenters. The van der Waals surface area contributed by atoms with E-state index >= 15 is 0 Å². The van der Waals surface area contributed by atoms with E-state index in [1.165, 1.54) is 18.2 Å². The molecule has 1 aromatic carbocycles. The second-order valence-corrected chi connectivity index (χ2v) is 4.30. The lowest BCUT2D eigenvalue weighted by Crippen LogP contribution is -2.17. The first-order chi connectivity index (χ1) is 10.0. The van der Waals surface area contributed by atoms with Crippen molar-refractivity contribution in [2.24, 2.45) is 0 Å². The Morgan fingerprint density at radius 1 is 1.33 bits per heavy atom. The second kappa shape index (κ2) is 6.21. The van der Waals surface area contributed by atoms with Crippen molar-refractivity contribution in [2.45, 2.75) is 13.8 Å². The van der Waals surface area contributed by atoms with Gasteiger partial charge in [-0.1, -0.05) is 12.1 Å². The number of pyridine rings is 1. The third-order valence-corrected chi connectivity index (χ3v) is 2.75. The summed E-state index contributed by atoms with van der Waals surface area (Å²) in [6.45, 7) is 3.36. The molecule has 21 heavy (non-hydrogen) atoms. The van der Waals surface area contributed by atoms with Gasteiger partial charge in [0.25, 0.3) is 0 Å². The maximum absolute atomic E-state index is 13.2. The molecule has 110 valence electrons. The molecule has 1 heterocycles. The van der Waals surface area contributed by atoms with E-state index in [4.69, 9.17) is 4.74 Å². The number of ether oxygens (including phenoxy) is 2. The lowest BCUT2D eigenvalue weighted by Gasteiger charge is -2.09. The minimum absolute atomic E-state index is 0.131. The number of aromatic nitrogens is 1. The van der Waals surface area contributed by atoms with Gasteiger partial charge in [0.2, 0.25) is 11.2 Å². The average Bonchev–Trinajstić information content (AvgIpc) is 2.43. The van der Waals surface area contributed by atoms with Gasteiger partial charge in [-0.05, 0) is 26.0 Å². The number of aromatic amines is 1. The van der Waals surface area contributed by atoms with Crippen LogP contribution in [0, 0.1) is 12.7 Å². The minimum Gasteiger partial charge on any atom is -0.434 e. The summed E-state index contributed by atoms with van der Waals surface area (Å²) in [6.07, 6.45) is -0.940. The summed E-state index contributed by atoms with van der Waals surface area (Å²) in [6, 6.07) is 7.07. The van der Waals surface area contributed by atoms with Crippen LogP contribution >= 0.6 is 0 Å². The van der Waals surface area contributed by atoms with Crippen LogP contribution in [0.3, 0.4) is 0 Å². The van der Waals surface area contributed by atoms with Gasteiger partial charge in [0, 0.05) is 17.3 Å². The van der Waals surface area contributed by atoms with Gasteiger partial charge in [-0.25, -0.2) is 9.18 Å². The van der Waals surface area contributed by atoms with Crippen LogP contribution in [0.1, 0.15) is 12.6 Å². The Labute approximate surface area is 120 Å². The second-order valence-electron chi connectivity index (χ2n) is 4.30. The molecule has 0 amide bonds. The van der Waals surface area contributed by atoms with Crippen molar-refractivity contribution < 1.29 is 18.7 Å².